The molecule has 1 N–H and O–H groups in total. The maximum Gasteiger partial charge on any atom is 0.291 e. The summed E-state index contributed by atoms with van der Waals surface area (Å²) in [5.41, 5.74) is 4.70. The van der Waals surface area contributed by atoms with Crippen LogP contribution >= 0.6 is 0 Å². The quantitative estimate of drug-likeness (QED) is 0.437. The van der Waals surface area contributed by atoms with E-state index in [-0.39, 0.29) is 11.7 Å². The molecule has 0 spiro atoms. The summed E-state index contributed by atoms with van der Waals surface area (Å²) in [4.78, 5) is 17.1. The molecule has 2 aromatic heterocycles. The molecule has 0 saturated carbocycles. The van der Waals surface area contributed by atoms with E-state index in [0.717, 1.165) is 22.0 Å². The van der Waals surface area contributed by atoms with E-state index >= 15 is 0 Å². The van der Waals surface area contributed by atoms with E-state index in [4.69, 9.17) is 8.83 Å². The van der Waals surface area contributed by atoms with Crippen molar-refractivity contribution in [2.45, 2.75) is 6.92 Å². The number of benzene rings is 3. The average Bonchev–Trinajstić information content (AvgIpc) is 3.32. The predicted molar refractivity (Wildman–Crippen MR) is 108 cm³/mol. The molecule has 5 nitrogen and oxygen atoms in total. The largest absolute Gasteiger partial charge is 0.451 e. The first-order valence-corrected chi connectivity index (χ1v) is 8.93. The van der Waals surface area contributed by atoms with Gasteiger partial charge in [-0.2, -0.15) is 0 Å². The van der Waals surface area contributed by atoms with Crippen molar-refractivity contribution >= 4 is 33.7 Å². The number of anilines is 1. The second-order valence-electron chi connectivity index (χ2n) is 6.67. The summed E-state index contributed by atoms with van der Waals surface area (Å²) in [6.07, 6.45) is 0. The third kappa shape index (κ3) is 2.93. The molecule has 5 rings (SSSR count). The normalized spacial score (nSPS) is 11.2. The van der Waals surface area contributed by atoms with E-state index in [0.29, 0.717) is 22.7 Å². The molecule has 5 heteroatoms. The Morgan fingerprint density at radius 1 is 0.893 bits per heavy atom. The predicted octanol–water partition coefficient (Wildman–Crippen LogP) is 5.80. The third-order valence-corrected chi connectivity index (χ3v) is 4.56. The van der Waals surface area contributed by atoms with Crippen LogP contribution in [0.3, 0.4) is 0 Å². The van der Waals surface area contributed by atoms with E-state index in [1.807, 2.05) is 61.5 Å². The first-order chi connectivity index (χ1) is 13.7. The van der Waals surface area contributed by atoms with Gasteiger partial charge in [0, 0.05) is 22.7 Å². The highest BCUT2D eigenvalue weighted by atomic mass is 16.4. The van der Waals surface area contributed by atoms with Gasteiger partial charge in [0.15, 0.2) is 11.3 Å². The maximum atomic E-state index is 12.5. The van der Waals surface area contributed by atoms with Gasteiger partial charge in [0.25, 0.3) is 5.91 Å². The van der Waals surface area contributed by atoms with Crippen molar-refractivity contribution in [1.82, 2.24) is 4.98 Å². The minimum absolute atomic E-state index is 0.263. The molecule has 0 unspecified atom stereocenters. The molecule has 3 aromatic carbocycles. The van der Waals surface area contributed by atoms with Crippen molar-refractivity contribution in [3.8, 4) is 11.5 Å². The highest BCUT2D eigenvalue weighted by Gasteiger charge is 2.14. The van der Waals surface area contributed by atoms with Crippen LogP contribution in [0.25, 0.3) is 33.5 Å². The molecule has 0 fully saturated rings. The first kappa shape index (κ1) is 16.3. The van der Waals surface area contributed by atoms with E-state index in [1.165, 1.54) is 0 Å². The van der Waals surface area contributed by atoms with Gasteiger partial charge in [0.1, 0.15) is 11.1 Å². The van der Waals surface area contributed by atoms with Crippen LogP contribution in [-0.2, 0) is 0 Å². The zero-order valence-corrected chi connectivity index (χ0v) is 15.1. The summed E-state index contributed by atoms with van der Waals surface area (Å²) in [5.74, 6) is 0.507. The van der Waals surface area contributed by atoms with Gasteiger partial charge in [-0.25, -0.2) is 4.98 Å². The van der Waals surface area contributed by atoms with Crippen LogP contribution in [0.1, 0.15) is 16.1 Å². The number of hydrogen-bond acceptors (Lipinski definition) is 4. The molecule has 0 aliphatic rings. The lowest BCUT2D eigenvalue weighted by molar-refractivity contribution is 0.0998. The van der Waals surface area contributed by atoms with Crippen LogP contribution in [0.5, 0.6) is 0 Å². The molecule has 0 bridgehead atoms. The Bertz CT molecular complexity index is 1300. The van der Waals surface area contributed by atoms with Crippen molar-refractivity contribution in [3.05, 3.63) is 84.1 Å². The standard InChI is InChI=1S/C23H16N2O3/c1-14-5-4-7-16(11-14)23-25-18-10-9-17(13-20(18)28-23)24-22(26)21-12-15-6-2-3-8-19(15)27-21/h2-13H,1H3,(H,24,26). The summed E-state index contributed by atoms with van der Waals surface area (Å²) in [5, 5.41) is 3.74. The number of nitrogens with one attached hydrogen (secondary N) is 1. The Kier molecular flexibility index (Phi) is 3.72. The van der Waals surface area contributed by atoms with Crippen LogP contribution in [-0.4, -0.2) is 10.9 Å². The Balaban J connectivity index is 1.43. The number of amides is 1. The number of para-hydroxylation sites is 1. The van der Waals surface area contributed by atoms with Gasteiger partial charge in [0.2, 0.25) is 5.89 Å². The van der Waals surface area contributed by atoms with Crippen LogP contribution < -0.4 is 5.32 Å². The van der Waals surface area contributed by atoms with E-state index < -0.39 is 0 Å². The number of fused-ring (bicyclic) bond motifs is 2. The second kappa shape index (κ2) is 6.39. The smallest absolute Gasteiger partial charge is 0.291 e. The van der Waals surface area contributed by atoms with Crippen LogP contribution in [0, 0.1) is 6.92 Å². The zero-order chi connectivity index (χ0) is 19.1. The number of carbonyl (C=O) groups is 1. The van der Waals surface area contributed by atoms with Crippen molar-refractivity contribution in [2.75, 3.05) is 5.32 Å². The number of rotatable bonds is 3. The summed E-state index contributed by atoms with van der Waals surface area (Å²) < 4.78 is 11.5. The molecule has 0 saturated heterocycles. The lowest BCUT2D eigenvalue weighted by Gasteiger charge is -2.02. The highest BCUT2D eigenvalue weighted by Crippen LogP contribution is 2.27. The number of furan rings is 1. The van der Waals surface area contributed by atoms with Crippen molar-refractivity contribution in [3.63, 3.8) is 0 Å². The van der Waals surface area contributed by atoms with Gasteiger partial charge < -0.3 is 14.2 Å². The molecule has 28 heavy (non-hydrogen) atoms. The molecule has 0 aliphatic carbocycles. The van der Waals surface area contributed by atoms with Crippen molar-refractivity contribution < 1.29 is 13.6 Å². The molecule has 0 aliphatic heterocycles. The summed E-state index contributed by atoms with van der Waals surface area (Å²) >= 11 is 0. The van der Waals surface area contributed by atoms with Crippen LogP contribution in [0.2, 0.25) is 0 Å². The highest BCUT2D eigenvalue weighted by molar-refractivity contribution is 6.05. The number of carbonyl (C=O) groups excluding carboxylic acids is 1. The lowest BCUT2D eigenvalue weighted by Crippen LogP contribution is -2.10. The minimum atomic E-state index is -0.311. The fourth-order valence-electron chi connectivity index (χ4n) is 3.19. The van der Waals surface area contributed by atoms with Gasteiger partial charge >= 0.3 is 0 Å². The summed E-state index contributed by atoms with van der Waals surface area (Å²) in [7, 11) is 0. The Morgan fingerprint density at radius 3 is 2.64 bits per heavy atom. The van der Waals surface area contributed by atoms with E-state index in [1.54, 1.807) is 18.2 Å². The van der Waals surface area contributed by atoms with Gasteiger partial charge in [-0.05, 0) is 43.3 Å². The number of oxazole rings is 1. The molecular formula is C23H16N2O3. The first-order valence-electron chi connectivity index (χ1n) is 8.93. The molecule has 0 atom stereocenters. The maximum absolute atomic E-state index is 12.5. The topological polar surface area (TPSA) is 68.3 Å². The Hall–Kier alpha value is -3.86. The van der Waals surface area contributed by atoms with Gasteiger partial charge in [-0.1, -0.05) is 35.9 Å². The minimum Gasteiger partial charge on any atom is -0.451 e. The lowest BCUT2D eigenvalue weighted by atomic mass is 10.1. The van der Waals surface area contributed by atoms with Gasteiger partial charge in [0.05, 0.1) is 0 Å². The molecular weight excluding hydrogens is 352 g/mol. The second-order valence-corrected chi connectivity index (χ2v) is 6.67. The molecule has 2 heterocycles. The number of aryl methyl sites for hydroxylation is 1. The van der Waals surface area contributed by atoms with Gasteiger partial charge in [-0.3, -0.25) is 4.79 Å². The number of nitrogens with zero attached hydrogens (tertiary/aromatic N) is 1. The summed E-state index contributed by atoms with van der Waals surface area (Å²) in [6, 6.07) is 22.6. The molecule has 5 aromatic rings. The fraction of sp³-hybridized carbons (Fsp3) is 0.0435. The van der Waals surface area contributed by atoms with Crippen molar-refractivity contribution in [1.29, 1.82) is 0 Å². The zero-order valence-electron chi connectivity index (χ0n) is 15.1. The Labute approximate surface area is 160 Å². The fourth-order valence-corrected chi connectivity index (χ4v) is 3.19. The summed E-state index contributed by atoms with van der Waals surface area (Å²) in [6.45, 7) is 2.03. The van der Waals surface area contributed by atoms with E-state index in [9.17, 15) is 4.79 Å². The van der Waals surface area contributed by atoms with Crippen LogP contribution in [0.4, 0.5) is 5.69 Å². The molecule has 1 amide bonds. The van der Waals surface area contributed by atoms with E-state index in [2.05, 4.69) is 10.3 Å². The number of hydrogen-bond donors (Lipinski definition) is 1. The van der Waals surface area contributed by atoms with Crippen molar-refractivity contribution in [2.24, 2.45) is 0 Å². The van der Waals surface area contributed by atoms with Gasteiger partial charge in [-0.15, -0.1) is 0 Å². The number of aromatic nitrogens is 1. The SMILES string of the molecule is Cc1cccc(-c2nc3ccc(NC(=O)c4cc5ccccc5o4)cc3o2)c1. The average molecular weight is 368 g/mol. The monoisotopic (exact) mass is 368 g/mol. The Morgan fingerprint density at radius 2 is 1.79 bits per heavy atom. The third-order valence-electron chi connectivity index (χ3n) is 4.56. The molecule has 0 radical (unpaired) electrons. The van der Waals surface area contributed by atoms with Crippen LogP contribution in [0.15, 0.2) is 81.6 Å². The molecule has 136 valence electrons.